The fourth-order valence-electron chi connectivity index (χ4n) is 2.96. The molecule has 1 aromatic rings. The van der Waals surface area contributed by atoms with Crippen molar-refractivity contribution < 1.29 is 0 Å². The topological polar surface area (TPSA) is 55.9 Å². The number of nitrogens with one attached hydrogen (secondary N) is 1. The average molecular weight is 255 g/mol. The van der Waals surface area contributed by atoms with Gasteiger partial charge in [-0.3, -0.25) is 0 Å². The van der Waals surface area contributed by atoms with Crippen LogP contribution in [-0.4, -0.2) is 28.7 Å². The van der Waals surface area contributed by atoms with E-state index in [1.165, 1.54) is 18.7 Å². The highest BCUT2D eigenvalue weighted by atomic mass is 35.5. The highest BCUT2D eigenvalue weighted by Gasteiger charge is 2.27. The molecule has 0 radical (unpaired) electrons. The predicted octanol–water partition coefficient (Wildman–Crippen LogP) is 1.28. The smallest absolute Gasteiger partial charge is 0.150 e. The zero-order valence-electron chi connectivity index (χ0n) is 9.95. The van der Waals surface area contributed by atoms with E-state index >= 15 is 0 Å². The average Bonchev–Trinajstić information content (AvgIpc) is 2.68. The Labute approximate surface area is 107 Å². The zero-order chi connectivity index (χ0) is 11.8. The van der Waals surface area contributed by atoms with Crippen molar-refractivity contribution in [3.05, 3.63) is 16.7 Å². The monoisotopic (exact) mass is 254 g/mol. The molecular formula is C12H19ClN4. The molecule has 5 heteroatoms. The largest absolute Gasteiger partial charge is 0.330 e. The molecule has 94 valence electrons. The molecule has 0 aliphatic carbocycles. The van der Waals surface area contributed by atoms with Crippen LogP contribution in [0.5, 0.6) is 0 Å². The Hall–Kier alpha value is -0.580. The number of nitrogens with zero attached hydrogens (tertiary/aromatic N) is 2. The van der Waals surface area contributed by atoms with Gasteiger partial charge in [0.25, 0.3) is 0 Å². The lowest BCUT2D eigenvalue weighted by atomic mass is 9.96. The maximum Gasteiger partial charge on any atom is 0.150 e. The first-order valence-electron chi connectivity index (χ1n) is 6.47. The fraction of sp³-hybridized carbons (Fsp3) is 0.750. The molecule has 1 fully saturated rings. The summed E-state index contributed by atoms with van der Waals surface area (Å²) in [6.07, 6.45) is 4.24. The van der Waals surface area contributed by atoms with Crippen LogP contribution < -0.4 is 11.1 Å². The number of aromatic nitrogens is 2. The van der Waals surface area contributed by atoms with Gasteiger partial charge in [0.2, 0.25) is 0 Å². The summed E-state index contributed by atoms with van der Waals surface area (Å²) in [7, 11) is 0. The normalized spacial score (nSPS) is 25.9. The van der Waals surface area contributed by atoms with E-state index in [1.807, 2.05) is 0 Å². The summed E-state index contributed by atoms with van der Waals surface area (Å²) in [5.74, 6) is 1.76. The molecule has 4 nitrogen and oxygen atoms in total. The lowest BCUT2D eigenvalue weighted by Crippen LogP contribution is -2.33. The lowest BCUT2D eigenvalue weighted by Gasteiger charge is -2.26. The molecule has 0 aromatic carbocycles. The van der Waals surface area contributed by atoms with Gasteiger partial charge in [0, 0.05) is 24.9 Å². The van der Waals surface area contributed by atoms with Crippen LogP contribution in [0.2, 0.25) is 5.15 Å². The Morgan fingerprint density at radius 2 is 2.06 bits per heavy atom. The molecule has 3 N–H and O–H groups in total. The van der Waals surface area contributed by atoms with E-state index < -0.39 is 0 Å². The minimum Gasteiger partial charge on any atom is -0.330 e. The van der Waals surface area contributed by atoms with Gasteiger partial charge in [0.1, 0.15) is 5.82 Å². The second-order valence-electron chi connectivity index (χ2n) is 5.14. The maximum atomic E-state index is 6.24. The van der Waals surface area contributed by atoms with Crippen molar-refractivity contribution in [3.63, 3.8) is 0 Å². The van der Waals surface area contributed by atoms with E-state index in [1.54, 1.807) is 0 Å². The second-order valence-corrected chi connectivity index (χ2v) is 5.49. The van der Waals surface area contributed by atoms with Gasteiger partial charge in [-0.25, -0.2) is 4.98 Å². The number of imidazole rings is 1. The van der Waals surface area contributed by atoms with Crippen molar-refractivity contribution in [1.82, 2.24) is 14.9 Å². The quantitative estimate of drug-likeness (QED) is 0.794. The Morgan fingerprint density at radius 1 is 1.29 bits per heavy atom. The van der Waals surface area contributed by atoms with Gasteiger partial charge in [0.15, 0.2) is 5.15 Å². The third kappa shape index (κ3) is 2.09. The van der Waals surface area contributed by atoms with Crippen LogP contribution in [0.15, 0.2) is 0 Å². The van der Waals surface area contributed by atoms with Crippen LogP contribution >= 0.6 is 11.6 Å². The number of hydrogen-bond acceptors (Lipinski definition) is 3. The summed E-state index contributed by atoms with van der Waals surface area (Å²) in [5, 5.41) is 4.06. The van der Waals surface area contributed by atoms with E-state index in [0.717, 1.165) is 38.2 Å². The van der Waals surface area contributed by atoms with Crippen molar-refractivity contribution in [3.8, 4) is 0 Å². The minimum atomic E-state index is 0.248. The molecule has 1 atom stereocenters. The lowest BCUT2D eigenvalue weighted by molar-refractivity contribution is 0.404. The van der Waals surface area contributed by atoms with E-state index in [9.17, 15) is 0 Å². The van der Waals surface area contributed by atoms with Crippen molar-refractivity contribution >= 4 is 11.6 Å². The van der Waals surface area contributed by atoms with E-state index in [2.05, 4.69) is 14.9 Å². The number of fused-ring (bicyclic) bond motifs is 1. The molecule has 3 heterocycles. The standard InChI is InChI=1S/C12H19ClN4/c13-11-10-7-9(14)3-6-17(10)12(16-11)8-1-4-15-5-2-8/h8-9,15H,1-7,14H2. The molecule has 3 rings (SSSR count). The van der Waals surface area contributed by atoms with Crippen molar-refractivity contribution in [1.29, 1.82) is 0 Å². The summed E-state index contributed by atoms with van der Waals surface area (Å²) >= 11 is 6.24. The third-order valence-electron chi connectivity index (χ3n) is 3.94. The molecular weight excluding hydrogens is 236 g/mol. The van der Waals surface area contributed by atoms with Gasteiger partial charge in [-0.15, -0.1) is 0 Å². The number of hydrogen-bond donors (Lipinski definition) is 2. The van der Waals surface area contributed by atoms with Crippen molar-refractivity contribution in [2.75, 3.05) is 13.1 Å². The minimum absolute atomic E-state index is 0.248. The number of halogens is 1. The maximum absolute atomic E-state index is 6.24. The molecule has 0 saturated carbocycles. The first-order chi connectivity index (χ1) is 8.25. The predicted molar refractivity (Wildman–Crippen MR) is 68.4 cm³/mol. The molecule has 1 saturated heterocycles. The molecule has 2 aliphatic heterocycles. The SMILES string of the molecule is NC1CCn2c(C3CCNCC3)nc(Cl)c2C1. The summed E-state index contributed by atoms with van der Waals surface area (Å²) < 4.78 is 2.32. The van der Waals surface area contributed by atoms with E-state index in [-0.39, 0.29) is 6.04 Å². The molecule has 1 unspecified atom stereocenters. The Balaban J connectivity index is 1.92. The summed E-state index contributed by atoms with van der Waals surface area (Å²) in [4.78, 5) is 4.60. The van der Waals surface area contributed by atoms with Crippen molar-refractivity contribution in [2.45, 2.75) is 44.2 Å². The molecule has 0 amide bonds. The summed E-state index contributed by atoms with van der Waals surface area (Å²) in [6.45, 7) is 3.16. The summed E-state index contributed by atoms with van der Waals surface area (Å²) in [6, 6.07) is 0.248. The van der Waals surface area contributed by atoms with Crippen LogP contribution in [-0.2, 0) is 13.0 Å². The van der Waals surface area contributed by atoms with Crippen LogP contribution in [0.3, 0.4) is 0 Å². The highest BCUT2D eigenvalue weighted by Crippen LogP contribution is 2.31. The first kappa shape index (κ1) is 11.5. The van der Waals surface area contributed by atoms with E-state index in [0.29, 0.717) is 11.1 Å². The van der Waals surface area contributed by atoms with Gasteiger partial charge in [-0.2, -0.15) is 0 Å². The van der Waals surface area contributed by atoms with Crippen LogP contribution in [0, 0.1) is 0 Å². The molecule has 2 aliphatic rings. The number of nitrogens with two attached hydrogens (primary N) is 1. The van der Waals surface area contributed by atoms with Crippen LogP contribution in [0.4, 0.5) is 0 Å². The Bertz CT molecular complexity index is 409. The zero-order valence-corrected chi connectivity index (χ0v) is 10.7. The Kier molecular flexibility index (Phi) is 3.11. The number of piperidine rings is 1. The van der Waals surface area contributed by atoms with Gasteiger partial charge in [-0.05, 0) is 32.4 Å². The van der Waals surface area contributed by atoms with Gasteiger partial charge < -0.3 is 15.6 Å². The first-order valence-corrected chi connectivity index (χ1v) is 6.84. The van der Waals surface area contributed by atoms with Gasteiger partial charge in [-0.1, -0.05) is 11.6 Å². The van der Waals surface area contributed by atoms with E-state index in [4.69, 9.17) is 17.3 Å². The molecule has 17 heavy (non-hydrogen) atoms. The Morgan fingerprint density at radius 3 is 2.82 bits per heavy atom. The second kappa shape index (κ2) is 4.59. The van der Waals surface area contributed by atoms with Crippen LogP contribution in [0.1, 0.15) is 36.7 Å². The van der Waals surface area contributed by atoms with Crippen LogP contribution in [0.25, 0.3) is 0 Å². The molecule has 1 aromatic heterocycles. The summed E-state index contributed by atoms with van der Waals surface area (Å²) in [5.41, 5.74) is 7.15. The van der Waals surface area contributed by atoms with Crippen molar-refractivity contribution in [2.24, 2.45) is 5.73 Å². The molecule has 0 bridgehead atoms. The molecule has 0 spiro atoms. The van der Waals surface area contributed by atoms with Gasteiger partial charge in [0.05, 0.1) is 5.69 Å². The highest BCUT2D eigenvalue weighted by molar-refractivity contribution is 6.30. The van der Waals surface area contributed by atoms with Gasteiger partial charge >= 0.3 is 0 Å². The fourth-order valence-corrected chi connectivity index (χ4v) is 3.22. The number of rotatable bonds is 1. The third-order valence-corrected chi connectivity index (χ3v) is 4.24.